The third kappa shape index (κ3) is 5.43. The fraction of sp³-hybridized carbons (Fsp3) is 0.700. The van der Waals surface area contributed by atoms with Gasteiger partial charge in [0.25, 0.3) is 0 Å². The summed E-state index contributed by atoms with van der Waals surface area (Å²) in [6.45, 7) is 9.07. The van der Waals surface area contributed by atoms with Crippen molar-refractivity contribution in [2.45, 2.75) is 39.0 Å². The Hall–Kier alpha value is -1.62. The highest BCUT2D eigenvalue weighted by Gasteiger charge is 2.26. The van der Waals surface area contributed by atoms with Crippen molar-refractivity contribution >= 4 is 5.96 Å². The van der Waals surface area contributed by atoms with Crippen LogP contribution in [0, 0.1) is 12.8 Å². The van der Waals surface area contributed by atoms with E-state index in [9.17, 15) is 0 Å². The first-order valence-electron chi connectivity index (χ1n) is 9.84. The molecule has 1 N–H and O–H groups in total. The van der Waals surface area contributed by atoms with Crippen LogP contribution in [0.5, 0.6) is 0 Å². The molecule has 2 fully saturated rings. The highest BCUT2D eigenvalue weighted by molar-refractivity contribution is 5.80. The average molecular weight is 344 g/mol. The first kappa shape index (κ1) is 18.2. The summed E-state index contributed by atoms with van der Waals surface area (Å²) in [6.07, 6.45) is 8.43. The summed E-state index contributed by atoms with van der Waals surface area (Å²) in [5.41, 5.74) is 2.35. The van der Waals surface area contributed by atoms with Gasteiger partial charge in [0, 0.05) is 45.1 Å². The minimum Gasteiger partial charge on any atom is -0.356 e. The topological polar surface area (TPSA) is 43.8 Å². The van der Waals surface area contributed by atoms with Crippen LogP contribution in [0.25, 0.3) is 0 Å². The Morgan fingerprint density at radius 2 is 2.08 bits per heavy atom. The number of hydrogen-bond donors (Lipinski definition) is 1. The Kier molecular flexibility index (Phi) is 6.68. The molecule has 138 valence electrons. The summed E-state index contributed by atoms with van der Waals surface area (Å²) in [6, 6.07) is 4.24. The summed E-state index contributed by atoms with van der Waals surface area (Å²) < 4.78 is 0. The van der Waals surface area contributed by atoms with E-state index in [0.717, 1.165) is 43.6 Å². The van der Waals surface area contributed by atoms with Crippen LogP contribution in [-0.2, 0) is 6.42 Å². The first-order chi connectivity index (χ1) is 12.2. The van der Waals surface area contributed by atoms with Gasteiger partial charge < -0.3 is 15.1 Å². The van der Waals surface area contributed by atoms with Gasteiger partial charge in [-0.2, -0.15) is 0 Å². The van der Waals surface area contributed by atoms with Crippen LogP contribution >= 0.6 is 0 Å². The van der Waals surface area contributed by atoms with Gasteiger partial charge in [0.2, 0.25) is 0 Å². The van der Waals surface area contributed by atoms with E-state index in [1.54, 1.807) is 0 Å². The van der Waals surface area contributed by atoms with E-state index < -0.39 is 0 Å². The number of rotatable bonds is 5. The van der Waals surface area contributed by atoms with Gasteiger partial charge in [-0.15, -0.1) is 0 Å². The van der Waals surface area contributed by atoms with Crippen LogP contribution in [0.15, 0.2) is 23.3 Å². The molecule has 0 spiro atoms. The fourth-order valence-corrected chi connectivity index (χ4v) is 3.98. The molecule has 1 unspecified atom stereocenters. The van der Waals surface area contributed by atoms with Crippen molar-refractivity contribution in [2.75, 3.05) is 46.3 Å². The van der Waals surface area contributed by atoms with E-state index in [4.69, 9.17) is 0 Å². The molecule has 0 bridgehead atoms. The van der Waals surface area contributed by atoms with Gasteiger partial charge in [0.15, 0.2) is 5.96 Å². The third-order valence-electron chi connectivity index (χ3n) is 5.43. The van der Waals surface area contributed by atoms with Gasteiger partial charge in [-0.3, -0.25) is 9.98 Å². The average Bonchev–Trinajstić information content (AvgIpc) is 3.09. The molecule has 5 heteroatoms. The standard InChI is InChI=1S/C20H33N5/c1-17-6-7-18(14-23-17)8-10-22-20(21-2)25-13-9-19(16-25)15-24-11-4-3-5-12-24/h6-7,14,19H,3-5,8-13,15-16H2,1-2H3,(H,21,22). The number of nitrogens with zero attached hydrogens (tertiary/aromatic N) is 4. The van der Waals surface area contributed by atoms with Gasteiger partial charge >= 0.3 is 0 Å². The Balaban J connectivity index is 1.41. The van der Waals surface area contributed by atoms with Crippen molar-refractivity contribution in [1.29, 1.82) is 0 Å². The number of piperidine rings is 1. The first-order valence-corrected chi connectivity index (χ1v) is 9.84. The molecule has 1 atom stereocenters. The molecule has 0 amide bonds. The Morgan fingerprint density at radius 1 is 1.24 bits per heavy atom. The second-order valence-electron chi connectivity index (χ2n) is 7.49. The quantitative estimate of drug-likeness (QED) is 0.658. The van der Waals surface area contributed by atoms with Gasteiger partial charge in [-0.1, -0.05) is 12.5 Å². The van der Waals surface area contributed by atoms with E-state index in [1.165, 1.54) is 50.9 Å². The second kappa shape index (κ2) is 9.18. The van der Waals surface area contributed by atoms with E-state index >= 15 is 0 Å². The zero-order valence-corrected chi connectivity index (χ0v) is 15.9. The van der Waals surface area contributed by atoms with Crippen LogP contribution in [0.4, 0.5) is 0 Å². The molecule has 2 saturated heterocycles. The molecule has 1 aromatic rings. The van der Waals surface area contributed by atoms with Crippen molar-refractivity contribution in [3.8, 4) is 0 Å². The normalized spacial score (nSPS) is 22.4. The lowest BCUT2D eigenvalue weighted by Gasteiger charge is -2.29. The zero-order chi connectivity index (χ0) is 17.5. The van der Waals surface area contributed by atoms with Crippen molar-refractivity contribution in [3.63, 3.8) is 0 Å². The fourth-order valence-electron chi connectivity index (χ4n) is 3.98. The maximum atomic E-state index is 4.50. The van der Waals surface area contributed by atoms with Crippen LogP contribution in [0.1, 0.15) is 36.9 Å². The Bertz CT molecular complexity index is 548. The summed E-state index contributed by atoms with van der Waals surface area (Å²) in [7, 11) is 1.90. The number of aryl methyl sites for hydroxylation is 1. The monoisotopic (exact) mass is 343 g/mol. The van der Waals surface area contributed by atoms with Gasteiger partial charge in [-0.25, -0.2) is 0 Å². The summed E-state index contributed by atoms with van der Waals surface area (Å²) in [5.74, 6) is 1.85. The Labute approximate surface area is 152 Å². The van der Waals surface area contributed by atoms with Gasteiger partial charge in [-0.05, 0) is 63.2 Å². The summed E-state index contributed by atoms with van der Waals surface area (Å²) >= 11 is 0. The molecule has 2 aliphatic heterocycles. The van der Waals surface area contributed by atoms with Crippen molar-refractivity contribution in [3.05, 3.63) is 29.6 Å². The van der Waals surface area contributed by atoms with Gasteiger partial charge in [0.1, 0.15) is 0 Å². The number of hydrogen-bond acceptors (Lipinski definition) is 3. The number of nitrogens with one attached hydrogen (secondary N) is 1. The summed E-state index contributed by atoms with van der Waals surface area (Å²) in [4.78, 5) is 14.0. The SMILES string of the molecule is CN=C(NCCc1ccc(C)nc1)N1CCC(CN2CCCCC2)C1. The molecule has 2 aliphatic rings. The number of likely N-dealkylation sites (tertiary alicyclic amines) is 2. The summed E-state index contributed by atoms with van der Waals surface area (Å²) in [5, 5.41) is 3.53. The highest BCUT2D eigenvalue weighted by atomic mass is 15.3. The molecule has 25 heavy (non-hydrogen) atoms. The molecule has 1 aromatic heterocycles. The largest absolute Gasteiger partial charge is 0.356 e. The number of aliphatic imine (C=N–C) groups is 1. The number of guanidine groups is 1. The van der Waals surface area contributed by atoms with Crippen LogP contribution in [0.3, 0.4) is 0 Å². The van der Waals surface area contributed by atoms with E-state index in [1.807, 2.05) is 20.2 Å². The molecular formula is C20H33N5. The lowest BCUT2D eigenvalue weighted by molar-refractivity contribution is 0.198. The minimum atomic E-state index is 0.790. The van der Waals surface area contributed by atoms with Crippen LogP contribution in [0.2, 0.25) is 0 Å². The van der Waals surface area contributed by atoms with E-state index in [2.05, 4.69) is 37.2 Å². The lowest BCUT2D eigenvalue weighted by atomic mass is 10.1. The van der Waals surface area contributed by atoms with Crippen molar-refractivity contribution in [1.82, 2.24) is 20.1 Å². The number of aromatic nitrogens is 1. The molecule has 3 heterocycles. The lowest BCUT2D eigenvalue weighted by Crippen LogP contribution is -2.41. The number of pyridine rings is 1. The predicted molar refractivity (Wildman–Crippen MR) is 104 cm³/mol. The van der Waals surface area contributed by atoms with Crippen molar-refractivity contribution < 1.29 is 0 Å². The highest BCUT2D eigenvalue weighted by Crippen LogP contribution is 2.19. The maximum absolute atomic E-state index is 4.50. The zero-order valence-electron chi connectivity index (χ0n) is 15.9. The third-order valence-corrected chi connectivity index (χ3v) is 5.43. The van der Waals surface area contributed by atoms with Gasteiger partial charge in [0.05, 0.1) is 0 Å². The molecule has 5 nitrogen and oxygen atoms in total. The molecular weight excluding hydrogens is 310 g/mol. The van der Waals surface area contributed by atoms with E-state index in [0.29, 0.717) is 0 Å². The molecule has 0 aliphatic carbocycles. The molecule has 0 radical (unpaired) electrons. The van der Waals surface area contributed by atoms with Crippen LogP contribution in [-0.4, -0.2) is 67.1 Å². The second-order valence-corrected chi connectivity index (χ2v) is 7.49. The molecule has 0 saturated carbocycles. The molecule has 3 rings (SSSR count). The maximum Gasteiger partial charge on any atom is 0.193 e. The Morgan fingerprint density at radius 3 is 2.80 bits per heavy atom. The van der Waals surface area contributed by atoms with Crippen LogP contribution < -0.4 is 5.32 Å². The van der Waals surface area contributed by atoms with Crippen molar-refractivity contribution in [2.24, 2.45) is 10.9 Å². The smallest absolute Gasteiger partial charge is 0.193 e. The van der Waals surface area contributed by atoms with E-state index in [-0.39, 0.29) is 0 Å². The predicted octanol–water partition coefficient (Wildman–Crippen LogP) is 2.32. The minimum absolute atomic E-state index is 0.790. The molecule has 0 aromatic carbocycles.